The Labute approximate surface area is 161 Å². The molecule has 0 fully saturated rings. The molecule has 1 rings (SSSR count). The maximum absolute atomic E-state index is 12.0. The molecule has 1 aromatic carbocycles. The maximum Gasteiger partial charge on any atom is 0.341 e. The SMILES string of the molecule is CCCCCC(O)CCCCS(=O)(=O)NCc1ccc(OCC(=O)O)cc1. The highest BCUT2D eigenvalue weighted by molar-refractivity contribution is 7.89. The monoisotopic (exact) mass is 401 g/mol. The summed E-state index contributed by atoms with van der Waals surface area (Å²) >= 11 is 0. The van der Waals surface area contributed by atoms with Gasteiger partial charge in [0.25, 0.3) is 0 Å². The third-order valence-electron chi connectivity index (χ3n) is 4.12. The van der Waals surface area contributed by atoms with Gasteiger partial charge in [0, 0.05) is 6.54 Å². The molecule has 1 unspecified atom stereocenters. The summed E-state index contributed by atoms with van der Waals surface area (Å²) in [6.07, 6.45) is 5.52. The minimum absolute atomic E-state index is 0.0362. The van der Waals surface area contributed by atoms with E-state index in [4.69, 9.17) is 9.84 Å². The lowest BCUT2D eigenvalue weighted by molar-refractivity contribution is -0.139. The average molecular weight is 402 g/mol. The van der Waals surface area contributed by atoms with Crippen LogP contribution in [0, 0.1) is 0 Å². The molecule has 0 aliphatic rings. The quantitative estimate of drug-likeness (QED) is 0.390. The Balaban J connectivity index is 2.25. The Morgan fingerprint density at radius 2 is 1.74 bits per heavy atom. The molecule has 0 amide bonds. The van der Waals surface area contributed by atoms with Crippen LogP contribution in [0.15, 0.2) is 24.3 Å². The van der Waals surface area contributed by atoms with Gasteiger partial charge in [0.2, 0.25) is 10.0 Å². The lowest BCUT2D eigenvalue weighted by Crippen LogP contribution is -2.26. The van der Waals surface area contributed by atoms with Crippen molar-refractivity contribution in [2.24, 2.45) is 0 Å². The molecule has 0 heterocycles. The van der Waals surface area contributed by atoms with Gasteiger partial charge in [0.15, 0.2) is 6.61 Å². The van der Waals surface area contributed by atoms with E-state index in [0.717, 1.165) is 31.2 Å². The van der Waals surface area contributed by atoms with Crippen molar-refractivity contribution in [3.8, 4) is 5.75 Å². The molecular weight excluding hydrogens is 370 g/mol. The zero-order valence-corrected chi connectivity index (χ0v) is 16.7. The smallest absolute Gasteiger partial charge is 0.341 e. The Kier molecular flexibility index (Phi) is 11.0. The Morgan fingerprint density at radius 1 is 1.11 bits per heavy atom. The van der Waals surface area contributed by atoms with E-state index in [1.807, 2.05) is 0 Å². The van der Waals surface area contributed by atoms with Crippen LogP contribution in [0.3, 0.4) is 0 Å². The number of carbonyl (C=O) groups is 1. The predicted octanol–water partition coefficient (Wildman–Crippen LogP) is 2.68. The third-order valence-corrected chi connectivity index (χ3v) is 5.53. The number of unbranched alkanes of at least 4 members (excludes halogenated alkanes) is 3. The summed E-state index contributed by atoms with van der Waals surface area (Å²) in [6, 6.07) is 6.58. The van der Waals surface area contributed by atoms with Gasteiger partial charge in [-0.15, -0.1) is 0 Å². The van der Waals surface area contributed by atoms with E-state index in [1.165, 1.54) is 0 Å². The van der Waals surface area contributed by atoms with Crippen molar-refractivity contribution in [1.29, 1.82) is 0 Å². The van der Waals surface area contributed by atoms with Gasteiger partial charge >= 0.3 is 5.97 Å². The van der Waals surface area contributed by atoms with E-state index in [-0.39, 0.29) is 18.4 Å². The molecule has 0 aliphatic carbocycles. The van der Waals surface area contributed by atoms with E-state index in [0.29, 0.717) is 25.0 Å². The highest BCUT2D eigenvalue weighted by Gasteiger charge is 2.11. The third kappa shape index (κ3) is 11.6. The second kappa shape index (κ2) is 12.7. The van der Waals surface area contributed by atoms with Gasteiger partial charge < -0.3 is 14.9 Å². The molecule has 0 spiro atoms. The fourth-order valence-corrected chi connectivity index (χ4v) is 3.68. The van der Waals surface area contributed by atoms with Crippen LogP contribution in [-0.2, 0) is 21.4 Å². The van der Waals surface area contributed by atoms with Gasteiger partial charge in [0.05, 0.1) is 11.9 Å². The van der Waals surface area contributed by atoms with Crippen LogP contribution >= 0.6 is 0 Å². The average Bonchev–Trinajstić information content (AvgIpc) is 2.63. The largest absolute Gasteiger partial charge is 0.482 e. The number of hydrogen-bond acceptors (Lipinski definition) is 5. The second-order valence-electron chi connectivity index (χ2n) is 6.61. The van der Waals surface area contributed by atoms with Gasteiger partial charge in [-0.05, 0) is 43.4 Å². The number of carboxylic acid groups (broad SMARTS) is 1. The number of ether oxygens (including phenoxy) is 1. The molecule has 3 N–H and O–H groups in total. The van der Waals surface area contributed by atoms with Crippen molar-refractivity contribution in [2.45, 2.75) is 64.5 Å². The molecule has 8 heteroatoms. The molecule has 0 aromatic heterocycles. The molecule has 0 bridgehead atoms. The van der Waals surface area contributed by atoms with Gasteiger partial charge in [0.1, 0.15) is 5.75 Å². The number of aliphatic hydroxyl groups excluding tert-OH is 1. The van der Waals surface area contributed by atoms with Crippen molar-refractivity contribution in [3.05, 3.63) is 29.8 Å². The molecule has 0 saturated carbocycles. The van der Waals surface area contributed by atoms with Gasteiger partial charge in [-0.2, -0.15) is 0 Å². The summed E-state index contributed by atoms with van der Waals surface area (Å²) in [6.45, 7) is 1.87. The summed E-state index contributed by atoms with van der Waals surface area (Å²) in [5.74, 6) is -0.601. The fourth-order valence-electron chi connectivity index (χ4n) is 2.56. The number of benzene rings is 1. The lowest BCUT2D eigenvalue weighted by atomic mass is 10.1. The van der Waals surface area contributed by atoms with Crippen LogP contribution in [0.5, 0.6) is 5.75 Å². The molecule has 0 saturated heterocycles. The van der Waals surface area contributed by atoms with Gasteiger partial charge in [-0.3, -0.25) is 0 Å². The van der Waals surface area contributed by atoms with Crippen LogP contribution in [0.2, 0.25) is 0 Å². The standard InChI is InChI=1S/C19H31NO6S/c1-2-3-4-7-17(21)8-5-6-13-27(24,25)20-14-16-9-11-18(12-10-16)26-15-19(22)23/h9-12,17,20-21H,2-8,13-15H2,1H3,(H,22,23). The first-order valence-corrected chi connectivity index (χ1v) is 11.1. The highest BCUT2D eigenvalue weighted by atomic mass is 32.2. The normalized spacial score (nSPS) is 12.7. The number of aliphatic hydroxyl groups is 1. The summed E-state index contributed by atoms with van der Waals surface area (Å²) in [4.78, 5) is 10.4. The van der Waals surface area contributed by atoms with Crippen molar-refractivity contribution in [2.75, 3.05) is 12.4 Å². The van der Waals surface area contributed by atoms with Crippen molar-refractivity contribution >= 4 is 16.0 Å². The summed E-state index contributed by atoms with van der Waals surface area (Å²) in [7, 11) is -3.37. The lowest BCUT2D eigenvalue weighted by Gasteiger charge is -2.11. The van der Waals surface area contributed by atoms with Crippen molar-refractivity contribution in [1.82, 2.24) is 4.72 Å². The number of hydrogen-bond donors (Lipinski definition) is 3. The van der Waals surface area contributed by atoms with E-state index in [9.17, 15) is 18.3 Å². The number of rotatable bonds is 15. The molecule has 1 aromatic rings. The molecule has 27 heavy (non-hydrogen) atoms. The summed E-state index contributed by atoms with van der Waals surface area (Å²) in [5, 5.41) is 18.4. The molecule has 1 atom stereocenters. The van der Waals surface area contributed by atoms with Crippen molar-refractivity contribution < 1.29 is 28.2 Å². The summed E-state index contributed by atoms with van der Waals surface area (Å²) < 4.78 is 31.7. The van der Waals surface area contributed by atoms with Gasteiger partial charge in [-0.1, -0.05) is 38.3 Å². The van der Waals surface area contributed by atoms with Crippen molar-refractivity contribution in [3.63, 3.8) is 0 Å². The second-order valence-corrected chi connectivity index (χ2v) is 8.54. The first kappa shape index (κ1) is 23.4. The molecule has 154 valence electrons. The Bertz CT molecular complexity index is 645. The molecule has 7 nitrogen and oxygen atoms in total. The molecule has 0 aliphatic heterocycles. The minimum atomic E-state index is -3.37. The van der Waals surface area contributed by atoms with Crippen LogP contribution in [-0.4, -0.2) is 43.1 Å². The fraction of sp³-hybridized carbons (Fsp3) is 0.632. The zero-order valence-electron chi connectivity index (χ0n) is 15.9. The zero-order chi connectivity index (χ0) is 20.1. The van der Waals surface area contributed by atoms with Crippen LogP contribution in [0.1, 0.15) is 57.4 Å². The number of carboxylic acids is 1. The van der Waals surface area contributed by atoms with Crippen LogP contribution in [0.25, 0.3) is 0 Å². The first-order chi connectivity index (χ1) is 12.8. The number of aliphatic carboxylic acids is 1. The highest BCUT2D eigenvalue weighted by Crippen LogP contribution is 2.13. The number of sulfonamides is 1. The summed E-state index contributed by atoms with van der Waals surface area (Å²) in [5.41, 5.74) is 0.757. The predicted molar refractivity (Wildman–Crippen MR) is 104 cm³/mol. The van der Waals surface area contributed by atoms with E-state index in [1.54, 1.807) is 24.3 Å². The van der Waals surface area contributed by atoms with Gasteiger partial charge in [-0.25, -0.2) is 17.9 Å². The maximum atomic E-state index is 12.0. The number of nitrogens with one attached hydrogen (secondary N) is 1. The van der Waals surface area contributed by atoms with Crippen LogP contribution in [0.4, 0.5) is 0 Å². The van der Waals surface area contributed by atoms with Crippen LogP contribution < -0.4 is 9.46 Å². The molecule has 0 radical (unpaired) electrons. The topological polar surface area (TPSA) is 113 Å². The first-order valence-electron chi connectivity index (χ1n) is 9.41. The Hall–Kier alpha value is -1.64. The molecular formula is C19H31NO6S. The van der Waals surface area contributed by atoms with E-state index >= 15 is 0 Å². The minimum Gasteiger partial charge on any atom is -0.482 e. The Morgan fingerprint density at radius 3 is 2.33 bits per heavy atom. The van der Waals surface area contributed by atoms with E-state index < -0.39 is 22.6 Å². The van der Waals surface area contributed by atoms with E-state index in [2.05, 4.69) is 11.6 Å².